The van der Waals surface area contributed by atoms with Gasteiger partial charge >= 0.3 is 0 Å². The van der Waals surface area contributed by atoms with Crippen LogP contribution in [0.25, 0.3) is 0 Å². The Hall–Kier alpha value is -1.55. The Balaban J connectivity index is 1.55. The number of rotatable bonds is 4. The minimum atomic E-state index is -0.159. The summed E-state index contributed by atoms with van der Waals surface area (Å²) in [6.07, 6.45) is 7.46. The third-order valence-corrected chi connectivity index (χ3v) is 5.65. The molecule has 4 heteroatoms. The Bertz CT molecular complexity index is 535. The van der Waals surface area contributed by atoms with Gasteiger partial charge in [0.1, 0.15) is 0 Å². The fraction of sp³-hybridized carbons (Fsp3) is 0.650. The van der Waals surface area contributed by atoms with E-state index in [9.17, 15) is 9.90 Å². The van der Waals surface area contributed by atoms with Crippen molar-refractivity contribution < 1.29 is 9.90 Å². The second-order valence-corrected chi connectivity index (χ2v) is 7.38. The van der Waals surface area contributed by atoms with Gasteiger partial charge < -0.3 is 15.3 Å². The van der Waals surface area contributed by atoms with Gasteiger partial charge in [-0.3, -0.25) is 4.79 Å². The molecule has 1 saturated heterocycles. The smallest absolute Gasteiger partial charge is 0.251 e. The number of nitrogens with zero attached hydrogens (tertiary/aromatic N) is 1. The predicted molar refractivity (Wildman–Crippen MR) is 97.4 cm³/mol. The molecule has 1 aromatic carbocycles. The lowest BCUT2D eigenvalue weighted by Gasteiger charge is -2.31. The zero-order valence-corrected chi connectivity index (χ0v) is 14.7. The Morgan fingerprint density at radius 1 is 1.17 bits per heavy atom. The summed E-state index contributed by atoms with van der Waals surface area (Å²) < 4.78 is 0. The number of hydrogen-bond donors (Lipinski definition) is 2. The van der Waals surface area contributed by atoms with Crippen LogP contribution in [-0.4, -0.2) is 36.2 Å². The number of aliphatic hydroxyl groups is 1. The molecule has 2 unspecified atom stereocenters. The number of carbonyl (C=O) groups excluding carboxylic acids is 1. The summed E-state index contributed by atoms with van der Waals surface area (Å²) in [5.74, 6) is 0.818. The molecule has 132 valence electrons. The van der Waals surface area contributed by atoms with Crippen molar-refractivity contribution in [3.63, 3.8) is 0 Å². The SMILES string of the molecule is CCC1CCCC(NC(=O)c2ccc(N3CCC(O)CC3)cc2)C1. The van der Waals surface area contributed by atoms with Crippen LogP contribution in [0.5, 0.6) is 0 Å². The molecule has 2 aliphatic rings. The van der Waals surface area contributed by atoms with E-state index in [1.807, 2.05) is 24.3 Å². The second kappa shape index (κ2) is 8.02. The zero-order chi connectivity index (χ0) is 16.9. The van der Waals surface area contributed by atoms with E-state index in [1.165, 1.54) is 19.3 Å². The third kappa shape index (κ3) is 4.29. The molecule has 24 heavy (non-hydrogen) atoms. The van der Waals surface area contributed by atoms with E-state index >= 15 is 0 Å². The number of amides is 1. The summed E-state index contributed by atoms with van der Waals surface area (Å²) in [4.78, 5) is 14.8. The van der Waals surface area contributed by atoms with Gasteiger partial charge in [-0.15, -0.1) is 0 Å². The van der Waals surface area contributed by atoms with E-state index < -0.39 is 0 Å². The molecule has 2 fully saturated rings. The van der Waals surface area contributed by atoms with E-state index in [4.69, 9.17) is 0 Å². The van der Waals surface area contributed by atoms with Gasteiger partial charge in [0.05, 0.1) is 6.10 Å². The van der Waals surface area contributed by atoms with Gasteiger partial charge in [0.2, 0.25) is 0 Å². The van der Waals surface area contributed by atoms with Crippen LogP contribution in [0.4, 0.5) is 5.69 Å². The lowest BCUT2D eigenvalue weighted by molar-refractivity contribution is 0.0919. The van der Waals surface area contributed by atoms with Gasteiger partial charge in [0.15, 0.2) is 0 Å². The van der Waals surface area contributed by atoms with Gasteiger partial charge in [-0.25, -0.2) is 0 Å². The predicted octanol–water partition coefficient (Wildman–Crippen LogP) is 3.35. The lowest BCUT2D eigenvalue weighted by atomic mass is 9.84. The molecule has 1 aromatic rings. The number of anilines is 1. The van der Waals surface area contributed by atoms with E-state index in [0.29, 0.717) is 6.04 Å². The van der Waals surface area contributed by atoms with E-state index in [-0.39, 0.29) is 12.0 Å². The van der Waals surface area contributed by atoms with Crippen molar-refractivity contribution in [2.75, 3.05) is 18.0 Å². The van der Waals surface area contributed by atoms with Crippen LogP contribution in [0, 0.1) is 5.92 Å². The van der Waals surface area contributed by atoms with Crippen molar-refractivity contribution in [3.8, 4) is 0 Å². The van der Waals surface area contributed by atoms with Crippen molar-refractivity contribution in [1.82, 2.24) is 5.32 Å². The van der Waals surface area contributed by atoms with Crippen molar-refractivity contribution >= 4 is 11.6 Å². The number of carbonyl (C=O) groups is 1. The molecule has 1 heterocycles. The summed E-state index contributed by atoms with van der Waals surface area (Å²) >= 11 is 0. The molecule has 1 saturated carbocycles. The first-order valence-corrected chi connectivity index (χ1v) is 9.49. The maximum absolute atomic E-state index is 12.5. The molecule has 2 atom stereocenters. The van der Waals surface area contributed by atoms with Crippen LogP contribution in [-0.2, 0) is 0 Å². The van der Waals surface area contributed by atoms with Crippen LogP contribution in [0.2, 0.25) is 0 Å². The average Bonchev–Trinajstić information content (AvgIpc) is 2.62. The number of aliphatic hydroxyl groups excluding tert-OH is 1. The Labute approximate surface area is 145 Å². The van der Waals surface area contributed by atoms with Crippen molar-refractivity contribution in [3.05, 3.63) is 29.8 Å². The summed E-state index contributed by atoms with van der Waals surface area (Å²) in [5.41, 5.74) is 1.89. The van der Waals surface area contributed by atoms with Crippen molar-refractivity contribution in [2.45, 2.75) is 64.0 Å². The highest BCUT2D eigenvalue weighted by atomic mass is 16.3. The second-order valence-electron chi connectivity index (χ2n) is 7.38. The molecule has 1 aliphatic heterocycles. The van der Waals surface area contributed by atoms with Gasteiger partial charge in [-0.05, 0) is 55.9 Å². The highest BCUT2D eigenvalue weighted by Crippen LogP contribution is 2.27. The maximum Gasteiger partial charge on any atom is 0.251 e. The standard InChI is InChI=1S/C20H30N2O2/c1-2-15-4-3-5-17(14-15)21-20(24)16-6-8-18(9-7-16)22-12-10-19(23)11-13-22/h6-9,15,17,19,23H,2-5,10-14H2,1H3,(H,21,24). The number of nitrogens with one attached hydrogen (secondary N) is 1. The quantitative estimate of drug-likeness (QED) is 0.890. The first kappa shape index (κ1) is 17.3. The van der Waals surface area contributed by atoms with Crippen molar-refractivity contribution in [2.24, 2.45) is 5.92 Å². The molecule has 1 amide bonds. The van der Waals surface area contributed by atoms with E-state index in [1.54, 1.807) is 0 Å². The van der Waals surface area contributed by atoms with Gasteiger partial charge in [0, 0.05) is 30.4 Å². The van der Waals surface area contributed by atoms with Crippen LogP contribution < -0.4 is 10.2 Å². The molecule has 0 radical (unpaired) electrons. The Morgan fingerprint density at radius 2 is 1.88 bits per heavy atom. The fourth-order valence-corrected chi connectivity index (χ4v) is 4.01. The minimum absolute atomic E-state index is 0.0531. The fourth-order valence-electron chi connectivity index (χ4n) is 4.01. The molecule has 0 spiro atoms. The molecule has 0 aromatic heterocycles. The van der Waals surface area contributed by atoms with E-state index in [2.05, 4.69) is 17.1 Å². The molecular weight excluding hydrogens is 300 g/mol. The normalized spacial score (nSPS) is 25.5. The van der Waals surface area contributed by atoms with Crippen LogP contribution in [0.3, 0.4) is 0 Å². The Kier molecular flexibility index (Phi) is 5.77. The Morgan fingerprint density at radius 3 is 2.54 bits per heavy atom. The van der Waals surface area contributed by atoms with Gasteiger partial charge in [-0.2, -0.15) is 0 Å². The number of hydrogen-bond acceptors (Lipinski definition) is 3. The van der Waals surface area contributed by atoms with Crippen molar-refractivity contribution in [1.29, 1.82) is 0 Å². The minimum Gasteiger partial charge on any atom is -0.393 e. The molecule has 1 aliphatic carbocycles. The number of benzene rings is 1. The summed E-state index contributed by atoms with van der Waals surface area (Å²) in [6.45, 7) is 4.01. The molecule has 2 N–H and O–H groups in total. The lowest BCUT2D eigenvalue weighted by Crippen LogP contribution is -2.38. The zero-order valence-electron chi connectivity index (χ0n) is 14.7. The van der Waals surface area contributed by atoms with Gasteiger partial charge in [-0.1, -0.05) is 26.2 Å². The molecule has 4 nitrogen and oxygen atoms in total. The van der Waals surface area contributed by atoms with Crippen LogP contribution in [0.15, 0.2) is 24.3 Å². The maximum atomic E-state index is 12.5. The molecule has 0 bridgehead atoms. The topological polar surface area (TPSA) is 52.6 Å². The first-order chi connectivity index (χ1) is 11.7. The molecule has 3 rings (SSSR count). The summed E-state index contributed by atoms with van der Waals surface area (Å²) in [6, 6.07) is 8.25. The third-order valence-electron chi connectivity index (χ3n) is 5.65. The highest BCUT2D eigenvalue weighted by molar-refractivity contribution is 5.94. The summed E-state index contributed by atoms with van der Waals surface area (Å²) in [5, 5.41) is 12.8. The number of piperidine rings is 1. The first-order valence-electron chi connectivity index (χ1n) is 9.49. The van der Waals surface area contributed by atoms with Gasteiger partial charge in [0.25, 0.3) is 5.91 Å². The summed E-state index contributed by atoms with van der Waals surface area (Å²) in [7, 11) is 0. The van der Waals surface area contributed by atoms with Crippen LogP contribution >= 0.6 is 0 Å². The largest absolute Gasteiger partial charge is 0.393 e. The van der Waals surface area contributed by atoms with Crippen LogP contribution in [0.1, 0.15) is 62.2 Å². The molecular formula is C20H30N2O2. The van der Waals surface area contributed by atoms with E-state index in [0.717, 1.165) is 55.9 Å². The average molecular weight is 330 g/mol. The monoisotopic (exact) mass is 330 g/mol. The highest BCUT2D eigenvalue weighted by Gasteiger charge is 2.23.